The quantitative estimate of drug-likeness (QED) is 0.772. The molecular formula is C20H18N6O. The minimum absolute atomic E-state index is 0.126. The largest absolute Gasteiger partial charge is 0.422 e. The Balaban J connectivity index is 1.84. The van der Waals surface area contributed by atoms with Gasteiger partial charge < -0.3 is 10.5 Å². The number of rotatable bonds is 3. The molecule has 1 aliphatic rings. The van der Waals surface area contributed by atoms with E-state index in [9.17, 15) is 5.26 Å². The van der Waals surface area contributed by atoms with Crippen molar-refractivity contribution in [2.45, 2.75) is 19.3 Å². The summed E-state index contributed by atoms with van der Waals surface area (Å²) in [4.78, 5) is 8.12. The minimum atomic E-state index is -0.302. The van der Waals surface area contributed by atoms with Crippen LogP contribution in [-0.2, 0) is 13.5 Å². The number of ether oxygens (including phenoxy) is 1. The SMILES string of the molecule is CCc1nn(C)c2c1C(c1ccc(-c3cncnc3)cc1)C(C#N)=C(N)O2. The molecule has 0 fully saturated rings. The zero-order chi connectivity index (χ0) is 19.0. The van der Waals surface area contributed by atoms with E-state index in [1.807, 2.05) is 38.2 Å². The van der Waals surface area contributed by atoms with E-state index in [0.717, 1.165) is 34.4 Å². The molecule has 1 aliphatic heterocycles. The number of nitrogens with zero attached hydrogens (tertiary/aromatic N) is 5. The normalized spacial score (nSPS) is 15.8. The third-order valence-electron chi connectivity index (χ3n) is 4.75. The molecule has 0 spiro atoms. The lowest BCUT2D eigenvalue weighted by molar-refractivity contribution is 0.358. The van der Waals surface area contributed by atoms with Crippen LogP contribution < -0.4 is 10.5 Å². The molecule has 4 rings (SSSR count). The minimum Gasteiger partial charge on any atom is -0.422 e. The van der Waals surface area contributed by atoms with E-state index < -0.39 is 0 Å². The number of aromatic nitrogens is 4. The number of hydrogen-bond donors (Lipinski definition) is 1. The van der Waals surface area contributed by atoms with Crippen molar-refractivity contribution in [2.75, 3.05) is 0 Å². The van der Waals surface area contributed by atoms with Crippen molar-refractivity contribution in [3.63, 3.8) is 0 Å². The van der Waals surface area contributed by atoms with Crippen molar-refractivity contribution < 1.29 is 4.74 Å². The fourth-order valence-corrected chi connectivity index (χ4v) is 3.47. The van der Waals surface area contributed by atoms with Crippen LogP contribution in [0.4, 0.5) is 0 Å². The summed E-state index contributed by atoms with van der Waals surface area (Å²) in [6.07, 6.45) is 5.77. The maximum Gasteiger partial charge on any atom is 0.224 e. The lowest BCUT2D eigenvalue weighted by Gasteiger charge is -2.25. The first-order valence-electron chi connectivity index (χ1n) is 8.62. The Morgan fingerprint density at radius 3 is 2.52 bits per heavy atom. The van der Waals surface area contributed by atoms with Gasteiger partial charge >= 0.3 is 0 Å². The molecule has 3 aromatic rings. The van der Waals surface area contributed by atoms with Crippen LogP contribution in [0.25, 0.3) is 11.1 Å². The molecule has 7 nitrogen and oxygen atoms in total. The second-order valence-corrected chi connectivity index (χ2v) is 6.32. The average Bonchev–Trinajstić information content (AvgIpc) is 3.03. The maximum absolute atomic E-state index is 9.71. The van der Waals surface area contributed by atoms with Crippen molar-refractivity contribution in [1.29, 1.82) is 5.26 Å². The van der Waals surface area contributed by atoms with Gasteiger partial charge in [-0.05, 0) is 17.5 Å². The summed E-state index contributed by atoms with van der Waals surface area (Å²) in [5, 5.41) is 14.2. The van der Waals surface area contributed by atoms with Crippen molar-refractivity contribution in [2.24, 2.45) is 12.8 Å². The van der Waals surface area contributed by atoms with Crippen LogP contribution in [0.2, 0.25) is 0 Å². The van der Waals surface area contributed by atoms with Gasteiger partial charge in [0.25, 0.3) is 0 Å². The van der Waals surface area contributed by atoms with E-state index in [-0.39, 0.29) is 11.8 Å². The molecule has 0 saturated carbocycles. The number of benzene rings is 1. The Labute approximate surface area is 156 Å². The Bertz CT molecular complexity index is 1060. The zero-order valence-electron chi connectivity index (χ0n) is 15.0. The fourth-order valence-electron chi connectivity index (χ4n) is 3.47. The molecule has 27 heavy (non-hydrogen) atoms. The predicted molar refractivity (Wildman–Crippen MR) is 99.4 cm³/mol. The van der Waals surface area contributed by atoms with E-state index in [0.29, 0.717) is 11.5 Å². The molecule has 0 radical (unpaired) electrons. The van der Waals surface area contributed by atoms with Crippen LogP contribution in [0.15, 0.2) is 54.4 Å². The van der Waals surface area contributed by atoms with Crippen LogP contribution in [-0.4, -0.2) is 19.7 Å². The molecule has 1 atom stereocenters. The van der Waals surface area contributed by atoms with Crippen molar-refractivity contribution in [3.8, 4) is 23.1 Å². The number of hydrogen-bond acceptors (Lipinski definition) is 6. The third-order valence-corrected chi connectivity index (χ3v) is 4.75. The van der Waals surface area contributed by atoms with Crippen LogP contribution in [0.3, 0.4) is 0 Å². The fraction of sp³-hybridized carbons (Fsp3) is 0.200. The first-order valence-corrected chi connectivity index (χ1v) is 8.62. The maximum atomic E-state index is 9.71. The van der Waals surface area contributed by atoms with E-state index in [4.69, 9.17) is 10.5 Å². The summed E-state index contributed by atoms with van der Waals surface area (Å²) in [6, 6.07) is 10.2. The van der Waals surface area contributed by atoms with Gasteiger partial charge in [0.1, 0.15) is 18.0 Å². The smallest absolute Gasteiger partial charge is 0.224 e. The van der Waals surface area contributed by atoms with Crippen LogP contribution in [0.1, 0.15) is 29.7 Å². The van der Waals surface area contributed by atoms with Gasteiger partial charge in [-0.3, -0.25) is 0 Å². The second kappa shape index (κ2) is 6.57. The summed E-state index contributed by atoms with van der Waals surface area (Å²) in [6.45, 7) is 2.03. The Kier molecular flexibility index (Phi) is 4.09. The Morgan fingerprint density at radius 1 is 1.19 bits per heavy atom. The van der Waals surface area contributed by atoms with Gasteiger partial charge in [-0.25, -0.2) is 14.6 Å². The third kappa shape index (κ3) is 2.72. The highest BCUT2D eigenvalue weighted by atomic mass is 16.5. The highest BCUT2D eigenvalue weighted by Gasteiger charge is 2.35. The highest BCUT2D eigenvalue weighted by Crippen LogP contribution is 2.44. The lowest BCUT2D eigenvalue weighted by atomic mass is 9.83. The van der Waals surface area contributed by atoms with Crippen molar-refractivity contribution in [3.05, 3.63) is 71.3 Å². The Hall–Kier alpha value is -3.66. The number of nitriles is 1. The van der Waals surface area contributed by atoms with E-state index >= 15 is 0 Å². The molecule has 1 unspecified atom stereocenters. The van der Waals surface area contributed by atoms with E-state index in [1.54, 1.807) is 17.1 Å². The number of fused-ring (bicyclic) bond motifs is 1. The summed E-state index contributed by atoms with van der Waals surface area (Å²) in [5.74, 6) is 0.415. The molecular weight excluding hydrogens is 340 g/mol. The van der Waals surface area contributed by atoms with Gasteiger partial charge in [-0.15, -0.1) is 0 Å². The van der Waals surface area contributed by atoms with Crippen LogP contribution in [0, 0.1) is 11.3 Å². The highest BCUT2D eigenvalue weighted by molar-refractivity contribution is 5.63. The summed E-state index contributed by atoms with van der Waals surface area (Å²) in [7, 11) is 1.82. The summed E-state index contributed by atoms with van der Waals surface area (Å²) >= 11 is 0. The van der Waals surface area contributed by atoms with Gasteiger partial charge in [-0.2, -0.15) is 10.4 Å². The molecule has 7 heteroatoms. The van der Waals surface area contributed by atoms with Crippen molar-refractivity contribution in [1.82, 2.24) is 19.7 Å². The van der Waals surface area contributed by atoms with Gasteiger partial charge in [0, 0.05) is 25.0 Å². The summed E-state index contributed by atoms with van der Waals surface area (Å²) in [5.41, 5.74) is 11.2. The zero-order valence-corrected chi connectivity index (χ0v) is 15.0. The number of aryl methyl sites for hydroxylation is 2. The molecule has 0 saturated heterocycles. The molecule has 0 bridgehead atoms. The van der Waals surface area contributed by atoms with Gasteiger partial charge in [0.05, 0.1) is 17.2 Å². The van der Waals surface area contributed by atoms with Crippen molar-refractivity contribution >= 4 is 0 Å². The number of allylic oxidation sites excluding steroid dienone is 1. The van der Waals surface area contributed by atoms with Crippen LogP contribution >= 0.6 is 0 Å². The summed E-state index contributed by atoms with van der Waals surface area (Å²) < 4.78 is 7.39. The van der Waals surface area contributed by atoms with Gasteiger partial charge in [0.15, 0.2) is 0 Å². The monoisotopic (exact) mass is 358 g/mol. The first kappa shape index (κ1) is 16.8. The van der Waals surface area contributed by atoms with E-state index in [1.165, 1.54) is 6.33 Å². The second-order valence-electron chi connectivity index (χ2n) is 6.32. The molecule has 0 amide bonds. The first-order chi connectivity index (χ1) is 13.1. The van der Waals surface area contributed by atoms with Gasteiger partial charge in [0.2, 0.25) is 11.8 Å². The van der Waals surface area contributed by atoms with E-state index in [2.05, 4.69) is 21.1 Å². The standard InChI is InChI=1S/C20H18N6O/c1-3-16-18-17(15(8-21)19(22)27-20(18)26(2)25-16)13-6-4-12(5-7-13)14-9-23-11-24-10-14/h4-7,9-11,17H,3,22H2,1-2H3. The average molecular weight is 358 g/mol. The topological polar surface area (TPSA) is 103 Å². The predicted octanol–water partition coefficient (Wildman–Crippen LogP) is 2.66. The van der Waals surface area contributed by atoms with Gasteiger partial charge in [-0.1, -0.05) is 31.2 Å². The van der Waals surface area contributed by atoms with Crippen LogP contribution in [0.5, 0.6) is 5.88 Å². The number of nitrogens with two attached hydrogens (primary N) is 1. The molecule has 2 N–H and O–H groups in total. The Morgan fingerprint density at radius 2 is 1.89 bits per heavy atom. The molecule has 2 aromatic heterocycles. The molecule has 3 heterocycles. The molecule has 0 aliphatic carbocycles. The lowest BCUT2D eigenvalue weighted by Crippen LogP contribution is -2.22. The molecule has 134 valence electrons. The molecule has 1 aromatic carbocycles.